The van der Waals surface area contributed by atoms with Crippen molar-refractivity contribution in [2.24, 2.45) is 0 Å². The summed E-state index contributed by atoms with van der Waals surface area (Å²) in [5.41, 5.74) is 8.51. The molecule has 7 nitrogen and oxygen atoms in total. The summed E-state index contributed by atoms with van der Waals surface area (Å²) in [7, 11) is 1.55. The Morgan fingerprint density at radius 1 is 1.19 bits per heavy atom. The Labute approximate surface area is 155 Å². The zero-order valence-corrected chi connectivity index (χ0v) is 14.8. The highest BCUT2D eigenvalue weighted by Gasteiger charge is 2.20. The fourth-order valence-electron chi connectivity index (χ4n) is 2.56. The van der Waals surface area contributed by atoms with E-state index >= 15 is 0 Å². The zero-order chi connectivity index (χ0) is 19.2. The molecule has 2 amide bonds. The Balaban J connectivity index is 1.99. The van der Waals surface area contributed by atoms with Crippen LogP contribution >= 0.6 is 0 Å². The average molecular weight is 369 g/mol. The van der Waals surface area contributed by atoms with E-state index < -0.39 is 6.03 Å². The molecule has 1 aromatic heterocycles. The third kappa shape index (κ3) is 4.24. The van der Waals surface area contributed by atoms with Gasteiger partial charge < -0.3 is 21.1 Å². The highest BCUT2D eigenvalue weighted by molar-refractivity contribution is 5.97. The summed E-state index contributed by atoms with van der Waals surface area (Å²) in [6.45, 7) is 0.748. The summed E-state index contributed by atoms with van der Waals surface area (Å²) < 4.78 is 19.6. The molecule has 3 rings (SSSR count). The van der Waals surface area contributed by atoms with Gasteiger partial charge in [-0.1, -0.05) is 30.3 Å². The van der Waals surface area contributed by atoms with Crippen LogP contribution in [0.25, 0.3) is 16.9 Å². The maximum absolute atomic E-state index is 13.2. The molecular formula is C19H20FN5O2. The van der Waals surface area contributed by atoms with Crippen molar-refractivity contribution in [3.05, 3.63) is 60.4 Å². The van der Waals surface area contributed by atoms with E-state index in [9.17, 15) is 9.18 Å². The number of hydrogen-bond donors (Lipinski definition) is 3. The number of anilines is 2. The standard InChI is InChI=1S/C19H20FN5O2/c1-27-12-11-22-19(26)23-17-16(13-5-3-2-4-6-13)24-25(18(17)21)15-9-7-14(20)8-10-15/h2-10H,11-12,21H2,1H3,(H2,22,23,26). The lowest BCUT2D eigenvalue weighted by atomic mass is 10.1. The van der Waals surface area contributed by atoms with Crippen molar-refractivity contribution in [1.82, 2.24) is 15.1 Å². The van der Waals surface area contributed by atoms with Crippen LogP contribution in [0.15, 0.2) is 54.6 Å². The van der Waals surface area contributed by atoms with Crippen molar-refractivity contribution in [2.75, 3.05) is 31.3 Å². The number of nitrogens with zero attached hydrogens (tertiary/aromatic N) is 2. The number of urea groups is 1. The van der Waals surface area contributed by atoms with E-state index in [0.717, 1.165) is 5.56 Å². The van der Waals surface area contributed by atoms with Crippen LogP contribution in [0.2, 0.25) is 0 Å². The van der Waals surface area contributed by atoms with Crippen LogP contribution in [0.4, 0.5) is 20.7 Å². The molecule has 0 fully saturated rings. The van der Waals surface area contributed by atoms with Gasteiger partial charge in [0.05, 0.1) is 12.3 Å². The lowest BCUT2D eigenvalue weighted by molar-refractivity contribution is 0.198. The second-order valence-electron chi connectivity index (χ2n) is 5.74. The number of halogens is 1. The molecule has 0 saturated carbocycles. The van der Waals surface area contributed by atoms with Crippen molar-refractivity contribution >= 4 is 17.5 Å². The van der Waals surface area contributed by atoms with Gasteiger partial charge in [-0.3, -0.25) is 0 Å². The first kappa shape index (κ1) is 18.4. The SMILES string of the molecule is COCCNC(=O)Nc1c(-c2ccccc2)nn(-c2ccc(F)cc2)c1N. The van der Waals surface area contributed by atoms with Gasteiger partial charge in [-0.05, 0) is 24.3 Å². The number of amides is 2. The monoisotopic (exact) mass is 369 g/mol. The molecule has 0 aliphatic rings. The smallest absolute Gasteiger partial charge is 0.319 e. The van der Waals surface area contributed by atoms with Crippen molar-refractivity contribution in [2.45, 2.75) is 0 Å². The molecule has 3 aromatic rings. The molecule has 0 atom stereocenters. The molecule has 0 radical (unpaired) electrons. The van der Waals surface area contributed by atoms with Gasteiger partial charge in [0.25, 0.3) is 0 Å². The number of carbonyl (C=O) groups excluding carboxylic acids is 1. The van der Waals surface area contributed by atoms with Gasteiger partial charge in [-0.15, -0.1) is 0 Å². The summed E-state index contributed by atoms with van der Waals surface area (Å²) in [5, 5.41) is 9.96. The number of benzene rings is 2. The van der Waals surface area contributed by atoms with E-state index in [1.54, 1.807) is 19.2 Å². The lowest BCUT2D eigenvalue weighted by Gasteiger charge is -2.09. The minimum absolute atomic E-state index is 0.238. The normalized spacial score (nSPS) is 10.6. The largest absolute Gasteiger partial charge is 0.383 e. The Bertz CT molecular complexity index is 910. The number of methoxy groups -OCH3 is 1. The number of carbonyl (C=O) groups is 1. The Morgan fingerprint density at radius 3 is 2.56 bits per heavy atom. The van der Waals surface area contributed by atoms with Crippen LogP contribution in [0.5, 0.6) is 0 Å². The highest BCUT2D eigenvalue weighted by Crippen LogP contribution is 2.33. The predicted molar refractivity (Wildman–Crippen MR) is 102 cm³/mol. The van der Waals surface area contributed by atoms with E-state index in [-0.39, 0.29) is 11.6 Å². The second-order valence-corrected chi connectivity index (χ2v) is 5.74. The van der Waals surface area contributed by atoms with E-state index in [4.69, 9.17) is 10.5 Å². The summed E-state index contributed by atoms with van der Waals surface area (Å²) in [5.74, 6) is -0.119. The van der Waals surface area contributed by atoms with Crippen molar-refractivity contribution < 1.29 is 13.9 Å². The first-order valence-electron chi connectivity index (χ1n) is 8.34. The molecule has 0 aliphatic heterocycles. The number of nitrogens with one attached hydrogen (secondary N) is 2. The quantitative estimate of drug-likeness (QED) is 0.582. The van der Waals surface area contributed by atoms with Crippen LogP contribution in [0, 0.1) is 5.82 Å². The number of aromatic nitrogens is 2. The summed E-state index contributed by atoms with van der Waals surface area (Å²) >= 11 is 0. The van der Waals surface area contributed by atoms with E-state index in [2.05, 4.69) is 15.7 Å². The molecule has 0 spiro atoms. The molecule has 4 N–H and O–H groups in total. The molecule has 0 saturated heterocycles. The molecular weight excluding hydrogens is 349 g/mol. The third-order valence-electron chi connectivity index (χ3n) is 3.87. The highest BCUT2D eigenvalue weighted by atomic mass is 19.1. The van der Waals surface area contributed by atoms with Crippen molar-refractivity contribution in [1.29, 1.82) is 0 Å². The molecule has 140 valence electrons. The zero-order valence-electron chi connectivity index (χ0n) is 14.8. The first-order valence-corrected chi connectivity index (χ1v) is 8.34. The maximum atomic E-state index is 13.2. The number of hydrogen-bond acceptors (Lipinski definition) is 4. The van der Waals surface area contributed by atoms with E-state index in [1.807, 2.05) is 30.3 Å². The minimum atomic E-state index is -0.422. The summed E-state index contributed by atoms with van der Waals surface area (Å²) in [6.07, 6.45) is 0. The maximum Gasteiger partial charge on any atom is 0.319 e. The molecule has 0 bridgehead atoms. The number of nitrogens with two attached hydrogens (primary N) is 1. The molecule has 2 aromatic carbocycles. The van der Waals surface area contributed by atoms with Crippen molar-refractivity contribution in [3.8, 4) is 16.9 Å². The molecule has 8 heteroatoms. The van der Waals surface area contributed by atoms with E-state index in [0.29, 0.717) is 30.2 Å². The van der Waals surface area contributed by atoms with Gasteiger partial charge in [-0.2, -0.15) is 5.10 Å². The van der Waals surface area contributed by atoms with Gasteiger partial charge in [0, 0.05) is 19.2 Å². The van der Waals surface area contributed by atoms with Crippen LogP contribution < -0.4 is 16.4 Å². The molecule has 27 heavy (non-hydrogen) atoms. The fraction of sp³-hybridized carbons (Fsp3) is 0.158. The Morgan fingerprint density at radius 2 is 1.89 bits per heavy atom. The first-order chi connectivity index (χ1) is 13.1. The lowest BCUT2D eigenvalue weighted by Crippen LogP contribution is -2.31. The number of rotatable bonds is 6. The number of ether oxygens (including phenoxy) is 1. The fourth-order valence-corrected chi connectivity index (χ4v) is 2.56. The third-order valence-corrected chi connectivity index (χ3v) is 3.87. The topological polar surface area (TPSA) is 94.2 Å². The second kappa shape index (κ2) is 8.33. The average Bonchev–Trinajstić information content (AvgIpc) is 3.00. The van der Waals surface area contributed by atoms with E-state index in [1.165, 1.54) is 16.8 Å². The van der Waals surface area contributed by atoms with Gasteiger partial charge >= 0.3 is 6.03 Å². The molecule has 0 unspecified atom stereocenters. The van der Waals surface area contributed by atoms with Gasteiger partial charge in [0.2, 0.25) is 0 Å². The van der Waals surface area contributed by atoms with Crippen LogP contribution in [-0.2, 0) is 4.74 Å². The molecule has 1 heterocycles. The van der Waals surface area contributed by atoms with Crippen molar-refractivity contribution in [3.63, 3.8) is 0 Å². The van der Waals surface area contributed by atoms with Crippen LogP contribution in [0.1, 0.15) is 0 Å². The van der Waals surface area contributed by atoms with Crippen LogP contribution in [0.3, 0.4) is 0 Å². The van der Waals surface area contributed by atoms with Gasteiger partial charge in [0.1, 0.15) is 17.2 Å². The van der Waals surface area contributed by atoms with Gasteiger partial charge in [0.15, 0.2) is 5.82 Å². The van der Waals surface area contributed by atoms with Crippen LogP contribution in [-0.4, -0.2) is 36.1 Å². The Kier molecular flexibility index (Phi) is 5.68. The minimum Gasteiger partial charge on any atom is -0.383 e. The number of nitrogen functional groups attached to an aromatic ring is 1. The Hall–Kier alpha value is -3.39. The summed E-state index contributed by atoms with van der Waals surface area (Å²) in [6, 6.07) is 14.7. The predicted octanol–water partition coefficient (Wildman–Crippen LogP) is 3.03. The summed E-state index contributed by atoms with van der Waals surface area (Å²) in [4.78, 5) is 12.2. The molecule has 0 aliphatic carbocycles. The van der Waals surface area contributed by atoms with Gasteiger partial charge in [-0.25, -0.2) is 13.9 Å².